The number of rotatable bonds is 7. The molecule has 200 valence electrons. The van der Waals surface area contributed by atoms with Crippen molar-refractivity contribution in [3.8, 4) is 17.2 Å². The van der Waals surface area contributed by atoms with Gasteiger partial charge in [0.05, 0.1) is 27.4 Å². The lowest BCUT2D eigenvalue weighted by atomic mass is 9.89. The van der Waals surface area contributed by atoms with Gasteiger partial charge in [0.2, 0.25) is 6.41 Å². The summed E-state index contributed by atoms with van der Waals surface area (Å²) in [4.78, 5) is 15.7. The molecule has 1 fully saturated rings. The van der Waals surface area contributed by atoms with Crippen LogP contribution in [0.25, 0.3) is 0 Å². The number of para-hydroxylation sites is 1. The molecule has 38 heavy (non-hydrogen) atoms. The number of ether oxygens (including phenoxy) is 3. The van der Waals surface area contributed by atoms with Gasteiger partial charge < -0.3 is 19.1 Å². The van der Waals surface area contributed by atoms with Crippen LogP contribution in [0.2, 0.25) is 0 Å². The number of fused-ring (bicyclic) bond motifs is 2. The Hall–Kier alpha value is -3.51. The number of nitrogens with zero attached hydrogens (tertiary/aromatic N) is 2. The SMILES string of the molecule is COc1cc2c(cc1OC)C(C1CC1)N(C=O)CC2.COc1ccccc1CN1CCc2ccccc2C1. The molecule has 6 nitrogen and oxygen atoms in total. The van der Waals surface area contributed by atoms with Crippen LogP contribution in [-0.2, 0) is 30.7 Å². The summed E-state index contributed by atoms with van der Waals surface area (Å²) in [6.45, 7) is 3.91. The molecule has 0 spiro atoms. The Bertz CT molecular complexity index is 1260. The van der Waals surface area contributed by atoms with Crippen LogP contribution in [0, 0.1) is 5.92 Å². The first-order valence-corrected chi connectivity index (χ1v) is 13.5. The van der Waals surface area contributed by atoms with E-state index in [-0.39, 0.29) is 6.04 Å². The van der Waals surface area contributed by atoms with E-state index in [1.165, 1.54) is 40.7 Å². The second-order valence-electron chi connectivity index (χ2n) is 10.3. The first-order chi connectivity index (χ1) is 18.6. The van der Waals surface area contributed by atoms with E-state index in [1.807, 2.05) is 23.1 Å². The van der Waals surface area contributed by atoms with Crippen molar-refractivity contribution in [2.24, 2.45) is 5.92 Å². The summed E-state index contributed by atoms with van der Waals surface area (Å²) in [6.07, 6.45) is 5.44. The number of methoxy groups -OCH3 is 3. The van der Waals surface area contributed by atoms with Crippen molar-refractivity contribution < 1.29 is 19.0 Å². The van der Waals surface area contributed by atoms with Crippen LogP contribution in [0.1, 0.15) is 46.7 Å². The molecule has 0 radical (unpaired) electrons. The van der Waals surface area contributed by atoms with Gasteiger partial charge in [-0.3, -0.25) is 9.69 Å². The van der Waals surface area contributed by atoms with Gasteiger partial charge in [0.25, 0.3) is 0 Å². The average molecular weight is 515 g/mol. The third kappa shape index (κ3) is 5.65. The minimum Gasteiger partial charge on any atom is -0.496 e. The maximum absolute atomic E-state index is 11.3. The molecule has 1 unspecified atom stereocenters. The van der Waals surface area contributed by atoms with Gasteiger partial charge in [0.1, 0.15) is 5.75 Å². The van der Waals surface area contributed by atoms with E-state index >= 15 is 0 Å². The number of amides is 1. The maximum atomic E-state index is 11.3. The molecule has 2 heterocycles. The molecule has 1 amide bonds. The standard InChI is InChI=1S/C17H19NO.C15H19NO3/c1-19-17-9-5-4-8-16(17)13-18-11-10-14-6-2-3-7-15(14)12-18;1-18-13-7-11-5-6-16(9-17)15(10-3-4-10)12(11)8-14(13)19-2/h2-9H,10-13H2,1H3;7-10,15H,3-6H2,1-2H3. The van der Waals surface area contributed by atoms with Crippen LogP contribution in [0.15, 0.2) is 60.7 Å². The lowest BCUT2D eigenvalue weighted by molar-refractivity contribution is -0.121. The Balaban J connectivity index is 0.000000155. The lowest BCUT2D eigenvalue weighted by Crippen LogP contribution is -2.35. The van der Waals surface area contributed by atoms with Gasteiger partial charge >= 0.3 is 0 Å². The van der Waals surface area contributed by atoms with E-state index in [0.29, 0.717) is 5.92 Å². The highest BCUT2D eigenvalue weighted by Crippen LogP contribution is 2.48. The van der Waals surface area contributed by atoms with Crippen molar-refractivity contribution in [3.63, 3.8) is 0 Å². The predicted molar refractivity (Wildman–Crippen MR) is 149 cm³/mol. The molecule has 6 heteroatoms. The summed E-state index contributed by atoms with van der Waals surface area (Å²) in [5.41, 5.74) is 6.75. The molecule has 0 saturated heterocycles. The number of carbonyl (C=O) groups excluding carboxylic acids is 1. The monoisotopic (exact) mass is 514 g/mol. The Labute approximate surface area is 226 Å². The van der Waals surface area contributed by atoms with E-state index in [0.717, 1.165) is 62.7 Å². The Morgan fingerprint density at radius 1 is 0.789 bits per heavy atom. The largest absolute Gasteiger partial charge is 0.496 e. The topological polar surface area (TPSA) is 51.2 Å². The fourth-order valence-electron chi connectivity index (χ4n) is 5.81. The molecular weight excluding hydrogens is 476 g/mol. The van der Waals surface area contributed by atoms with Crippen molar-refractivity contribution in [3.05, 3.63) is 88.5 Å². The van der Waals surface area contributed by atoms with Gasteiger partial charge in [-0.2, -0.15) is 0 Å². The first-order valence-electron chi connectivity index (χ1n) is 13.5. The molecule has 1 saturated carbocycles. The second kappa shape index (κ2) is 11.9. The molecule has 0 bridgehead atoms. The second-order valence-corrected chi connectivity index (χ2v) is 10.3. The number of hydrogen-bond donors (Lipinski definition) is 0. The van der Waals surface area contributed by atoms with Crippen LogP contribution in [0.5, 0.6) is 17.2 Å². The molecule has 1 aliphatic carbocycles. The van der Waals surface area contributed by atoms with Gasteiger partial charge in [-0.15, -0.1) is 0 Å². The zero-order chi connectivity index (χ0) is 26.5. The van der Waals surface area contributed by atoms with E-state index in [1.54, 1.807) is 21.3 Å². The Kier molecular flexibility index (Phi) is 8.18. The van der Waals surface area contributed by atoms with E-state index in [9.17, 15) is 4.79 Å². The summed E-state index contributed by atoms with van der Waals surface area (Å²) < 4.78 is 16.2. The van der Waals surface area contributed by atoms with Gasteiger partial charge in [-0.05, 0) is 72.1 Å². The molecule has 2 aliphatic heterocycles. The molecule has 3 aliphatic rings. The Morgan fingerprint density at radius 3 is 2.16 bits per heavy atom. The van der Waals surface area contributed by atoms with Crippen LogP contribution in [0.3, 0.4) is 0 Å². The van der Waals surface area contributed by atoms with Gasteiger partial charge in [-0.1, -0.05) is 42.5 Å². The third-order valence-corrected chi connectivity index (χ3v) is 7.96. The van der Waals surface area contributed by atoms with Crippen molar-refractivity contribution in [2.75, 3.05) is 34.4 Å². The van der Waals surface area contributed by atoms with Gasteiger partial charge in [0, 0.05) is 31.7 Å². The smallest absolute Gasteiger partial charge is 0.210 e. The highest BCUT2D eigenvalue weighted by atomic mass is 16.5. The summed E-state index contributed by atoms with van der Waals surface area (Å²) in [7, 11) is 5.05. The molecule has 6 rings (SSSR count). The van der Waals surface area contributed by atoms with Crippen LogP contribution in [-0.4, -0.2) is 50.6 Å². The highest BCUT2D eigenvalue weighted by molar-refractivity contribution is 5.55. The van der Waals surface area contributed by atoms with Crippen molar-refractivity contribution in [2.45, 2.75) is 44.8 Å². The van der Waals surface area contributed by atoms with E-state index in [4.69, 9.17) is 14.2 Å². The Morgan fingerprint density at radius 2 is 1.45 bits per heavy atom. The zero-order valence-corrected chi connectivity index (χ0v) is 22.7. The number of carbonyl (C=O) groups is 1. The average Bonchev–Trinajstić information content (AvgIpc) is 3.81. The predicted octanol–water partition coefficient (Wildman–Crippen LogP) is 5.42. The van der Waals surface area contributed by atoms with Crippen LogP contribution >= 0.6 is 0 Å². The van der Waals surface area contributed by atoms with Gasteiger partial charge in [-0.25, -0.2) is 0 Å². The molecule has 0 aromatic heterocycles. The third-order valence-electron chi connectivity index (χ3n) is 7.96. The molecule has 3 aromatic rings. The van der Waals surface area contributed by atoms with Crippen LogP contribution < -0.4 is 14.2 Å². The minimum absolute atomic E-state index is 0.223. The first kappa shape index (κ1) is 26.1. The fraction of sp³-hybridized carbons (Fsp3) is 0.406. The quantitative estimate of drug-likeness (QED) is 0.394. The summed E-state index contributed by atoms with van der Waals surface area (Å²) >= 11 is 0. The highest BCUT2D eigenvalue weighted by Gasteiger charge is 2.39. The van der Waals surface area contributed by atoms with Crippen LogP contribution in [0.4, 0.5) is 0 Å². The summed E-state index contributed by atoms with van der Waals surface area (Å²) in [6, 6.07) is 21.4. The zero-order valence-electron chi connectivity index (χ0n) is 22.7. The van der Waals surface area contributed by atoms with E-state index in [2.05, 4.69) is 47.4 Å². The summed E-state index contributed by atoms with van der Waals surface area (Å²) in [5.74, 6) is 3.12. The normalized spacial score (nSPS) is 18.4. The van der Waals surface area contributed by atoms with Crippen molar-refractivity contribution in [1.29, 1.82) is 0 Å². The molecule has 3 aromatic carbocycles. The molecule has 0 N–H and O–H groups in total. The van der Waals surface area contributed by atoms with E-state index < -0.39 is 0 Å². The molecule has 1 atom stereocenters. The van der Waals surface area contributed by atoms with Crippen molar-refractivity contribution >= 4 is 6.41 Å². The minimum atomic E-state index is 0.223. The summed E-state index contributed by atoms with van der Waals surface area (Å²) in [5, 5.41) is 0. The number of benzene rings is 3. The molecular formula is C32H38N2O4. The number of hydrogen-bond acceptors (Lipinski definition) is 5. The lowest BCUT2D eigenvalue weighted by Gasteiger charge is -2.35. The fourth-order valence-corrected chi connectivity index (χ4v) is 5.81. The van der Waals surface area contributed by atoms with Gasteiger partial charge in [0.15, 0.2) is 11.5 Å². The maximum Gasteiger partial charge on any atom is 0.210 e. The van der Waals surface area contributed by atoms with Crippen molar-refractivity contribution in [1.82, 2.24) is 9.80 Å².